The molecule has 0 saturated heterocycles. The van der Waals surface area contributed by atoms with Gasteiger partial charge in [-0.1, -0.05) is 25.7 Å². The predicted molar refractivity (Wildman–Crippen MR) is 69.4 cm³/mol. The zero-order valence-electron chi connectivity index (χ0n) is 11.2. The monoisotopic (exact) mass is 256 g/mol. The number of nitrogens with zero attached hydrogens (tertiary/aromatic N) is 1. The van der Waals surface area contributed by atoms with Gasteiger partial charge < -0.3 is 10.4 Å². The van der Waals surface area contributed by atoms with E-state index in [1.54, 1.807) is 11.9 Å². The number of carboxylic acid groups (broad SMARTS) is 1. The summed E-state index contributed by atoms with van der Waals surface area (Å²) in [5, 5.41) is 11.6. The summed E-state index contributed by atoms with van der Waals surface area (Å²) < 4.78 is 0. The summed E-state index contributed by atoms with van der Waals surface area (Å²) in [7, 11) is 1.77. The zero-order valence-corrected chi connectivity index (χ0v) is 11.2. The molecule has 5 nitrogen and oxygen atoms in total. The number of nitrogens with one attached hydrogen (secondary N) is 1. The molecule has 1 rings (SSSR count). The number of aliphatic carboxylic acids is 1. The maximum atomic E-state index is 11.8. The fraction of sp³-hybridized carbons (Fsp3) is 0.846. The van der Waals surface area contributed by atoms with Gasteiger partial charge in [-0.05, 0) is 19.9 Å². The first-order valence-corrected chi connectivity index (χ1v) is 6.77. The van der Waals surface area contributed by atoms with Crippen molar-refractivity contribution in [2.45, 2.75) is 51.0 Å². The molecule has 0 aromatic carbocycles. The molecule has 0 heterocycles. The first kappa shape index (κ1) is 15.0. The molecule has 1 aliphatic rings. The number of hydrogen-bond acceptors (Lipinski definition) is 3. The van der Waals surface area contributed by atoms with Crippen molar-refractivity contribution < 1.29 is 14.7 Å². The highest BCUT2D eigenvalue weighted by molar-refractivity contribution is 5.78. The van der Waals surface area contributed by atoms with Gasteiger partial charge in [0.1, 0.15) is 0 Å². The number of rotatable bonds is 6. The van der Waals surface area contributed by atoms with Crippen LogP contribution in [0, 0.1) is 0 Å². The van der Waals surface area contributed by atoms with Crippen molar-refractivity contribution >= 4 is 11.9 Å². The van der Waals surface area contributed by atoms with E-state index in [2.05, 4.69) is 5.32 Å². The molecule has 104 valence electrons. The summed E-state index contributed by atoms with van der Waals surface area (Å²) in [4.78, 5) is 23.9. The van der Waals surface area contributed by atoms with Gasteiger partial charge in [0, 0.05) is 12.6 Å². The number of hydrogen-bond donors (Lipinski definition) is 2. The average Bonchev–Trinajstić information content (AvgIpc) is 2.54. The SMILES string of the molecule is CN(CCC(=O)O)CC(=O)NC1CCCCCC1. The normalized spacial score (nSPS) is 17.4. The van der Waals surface area contributed by atoms with Gasteiger partial charge in [0.05, 0.1) is 13.0 Å². The lowest BCUT2D eigenvalue weighted by Gasteiger charge is -2.19. The Morgan fingerprint density at radius 1 is 1.22 bits per heavy atom. The van der Waals surface area contributed by atoms with Crippen molar-refractivity contribution in [3.8, 4) is 0 Å². The van der Waals surface area contributed by atoms with E-state index >= 15 is 0 Å². The highest BCUT2D eigenvalue weighted by atomic mass is 16.4. The summed E-state index contributed by atoms with van der Waals surface area (Å²) in [5.74, 6) is -0.819. The van der Waals surface area contributed by atoms with E-state index < -0.39 is 5.97 Å². The van der Waals surface area contributed by atoms with Crippen molar-refractivity contribution in [1.29, 1.82) is 0 Å². The largest absolute Gasteiger partial charge is 0.481 e. The quantitative estimate of drug-likeness (QED) is 0.701. The molecule has 0 bridgehead atoms. The molecule has 2 N–H and O–H groups in total. The van der Waals surface area contributed by atoms with E-state index in [4.69, 9.17) is 5.11 Å². The minimum absolute atomic E-state index is 0.00906. The summed E-state index contributed by atoms with van der Waals surface area (Å²) in [6.07, 6.45) is 7.15. The van der Waals surface area contributed by atoms with Crippen LogP contribution in [-0.2, 0) is 9.59 Å². The third-order valence-corrected chi connectivity index (χ3v) is 3.34. The molecule has 0 radical (unpaired) electrons. The Labute approximate surface area is 109 Å². The van der Waals surface area contributed by atoms with Gasteiger partial charge in [0.2, 0.25) is 5.91 Å². The van der Waals surface area contributed by atoms with E-state index in [9.17, 15) is 9.59 Å². The molecule has 0 aliphatic heterocycles. The molecule has 5 heteroatoms. The summed E-state index contributed by atoms with van der Waals surface area (Å²) in [6, 6.07) is 0.313. The van der Waals surface area contributed by atoms with Crippen molar-refractivity contribution in [3.63, 3.8) is 0 Å². The molecule has 1 saturated carbocycles. The standard InChI is InChI=1S/C13H24N2O3/c1-15(9-8-13(17)18)10-12(16)14-11-6-4-2-3-5-7-11/h11H,2-10H2,1H3,(H,14,16)(H,17,18). The minimum Gasteiger partial charge on any atom is -0.481 e. The Balaban J connectivity index is 2.20. The van der Waals surface area contributed by atoms with Gasteiger partial charge >= 0.3 is 5.97 Å². The number of amides is 1. The van der Waals surface area contributed by atoms with Crippen LogP contribution in [0.4, 0.5) is 0 Å². The second-order valence-corrected chi connectivity index (χ2v) is 5.14. The molecule has 0 aromatic heterocycles. The Hall–Kier alpha value is -1.10. The van der Waals surface area contributed by atoms with Crippen LogP contribution in [0.15, 0.2) is 0 Å². The third-order valence-electron chi connectivity index (χ3n) is 3.34. The first-order valence-electron chi connectivity index (χ1n) is 6.77. The van der Waals surface area contributed by atoms with Crippen molar-refractivity contribution in [2.75, 3.05) is 20.1 Å². The number of carboxylic acids is 1. The lowest BCUT2D eigenvalue weighted by atomic mass is 10.1. The molecular formula is C13H24N2O3. The van der Waals surface area contributed by atoms with Gasteiger partial charge in [0.25, 0.3) is 0 Å². The van der Waals surface area contributed by atoms with E-state index in [1.165, 1.54) is 25.7 Å². The van der Waals surface area contributed by atoms with E-state index in [0.29, 0.717) is 12.6 Å². The average molecular weight is 256 g/mol. The Kier molecular flexibility index (Phi) is 6.72. The first-order chi connectivity index (χ1) is 8.58. The maximum absolute atomic E-state index is 11.8. The van der Waals surface area contributed by atoms with Crippen LogP contribution in [0.2, 0.25) is 0 Å². The molecule has 0 unspecified atom stereocenters. The Bertz CT molecular complexity index is 273. The highest BCUT2D eigenvalue weighted by Crippen LogP contribution is 2.16. The molecule has 1 aliphatic carbocycles. The molecule has 0 atom stereocenters. The van der Waals surface area contributed by atoms with Crippen LogP contribution >= 0.6 is 0 Å². The Morgan fingerprint density at radius 3 is 2.39 bits per heavy atom. The topological polar surface area (TPSA) is 69.6 Å². The van der Waals surface area contributed by atoms with Crippen LogP contribution < -0.4 is 5.32 Å². The van der Waals surface area contributed by atoms with Gasteiger partial charge in [-0.3, -0.25) is 14.5 Å². The second-order valence-electron chi connectivity index (χ2n) is 5.14. The van der Waals surface area contributed by atoms with Crippen LogP contribution in [-0.4, -0.2) is 48.1 Å². The van der Waals surface area contributed by atoms with Crippen LogP contribution in [0.25, 0.3) is 0 Å². The molecule has 1 fully saturated rings. The molecule has 0 aromatic rings. The number of carbonyl (C=O) groups excluding carboxylic acids is 1. The second kappa shape index (κ2) is 8.08. The fourth-order valence-corrected chi connectivity index (χ4v) is 2.31. The summed E-state index contributed by atoms with van der Waals surface area (Å²) in [6.45, 7) is 0.692. The maximum Gasteiger partial charge on any atom is 0.304 e. The van der Waals surface area contributed by atoms with Crippen LogP contribution in [0.5, 0.6) is 0 Å². The van der Waals surface area contributed by atoms with Gasteiger partial charge in [-0.25, -0.2) is 0 Å². The van der Waals surface area contributed by atoms with Crippen molar-refractivity contribution in [2.24, 2.45) is 0 Å². The van der Waals surface area contributed by atoms with Gasteiger partial charge in [0.15, 0.2) is 0 Å². The number of likely N-dealkylation sites (N-methyl/N-ethyl adjacent to an activating group) is 1. The molecule has 1 amide bonds. The van der Waals surface area contributed by atoms with Crippen LogP contribution in [0.3, 0.4) is 0 Å². The van der Waals surface area contributed by atoms with Crippen LogP contribution in [0.1, 0.15) is 44.9 Å². The molecule has 18 heavy (non-hydrogen) atoms. The predicted octanol–water partition coefficient (Wildman–Crippen LogP) is 1.23. The van der Waals surface area contributed by atoms with Gasteiger partial charge in [-0.2, -0.15) is 0 Å². The number of carbonyl (C=O) groups is 2. The lowest BCUT2D eigenvalue weighted by Crippen LogP contribution is -2.41. The zero-order chi connectivity index (χ0) is 13.4. The van der Waals surface area contributed by atoms with E-state index in [-0.39, 0.29) is 18.9 Å². The summed E-state index contributed by atoms with van der Waals surface area (Å²) in [5.41, 5.74) is 0. The van der Waals surface area contributed by atoms with Crippen molar-refractivity contribution in [3.05, 3.63) is 0 Å². The van der Waals surface area contributed by atoms with E-state index in [0.717, 1.165) is 12.8 Å². The van der Waals surface area contributed by atoms with Crippen molar-refractivity contribution in [1.82, 2.24) is 10.2 Å². The fourth-order valence-electron chi connectivity index (χ4n) is 2.31. The summed E-state index contributed by atoms with van der Waals surface area (Å²) >= 11 is 0. The minimum atomic E-state index is -0.828. The Morgan fingerprint density at radius 2 is 1.83 bits per heavy atom. The third kappa shape index (κ3) is 6.59. The molecular weight excluding hydrogens is 232 g/mol. The molecule has 0 spiro atoms. The highest BCUT2D eigenvalue weighted by Gasteiger charge is 2.15. The smallest absolute Gasteiger partial charge is 0.304 e. The van der Waals surface area contributed by atoms with Gasteiger partial charge in [-0.15, -0.1) is 0 Å². The van der Waals surface area contributed by atoms with E-state index in [1.807, 2.05) is 0 Å². The lowest BCUT2D eigenvalue weighted by molar-refractivity contribution is -0.137.